The number of hydrogen-bond donors (Lipinski definition) is 1. The number of hydrogen-bond acceptors (Lipinski definition) is 3. The number of halogens is 2. The van der Waals surface area contributed by atoms with Crippen LogP contribution in [0.2, 0.25) is 0 Å². The van der Waals surface area contributed by atoms with Gasteiger partial charge < -0.3 is 5.32 Å². The summed E-state index contributed by atoms with van der Waals surface area (Å²) in [6.07, 6.45) is 0. The molecule has 8 heteroatoms. The normalized spacial score (nSPS) is 11.1. The molecule has 0 saturated heterocycles. The first-order chi connectivity index (χ1) is 13.8. The number of carbonyl (C=O) groups is 1. The lowest BCUT2D eigenvalue weighted by Crippen LogP contribution is -2.38. The van der Waals surface area contributed by atoms with E-state index in [1.807, 2.05) is 6.92 Å². The molecule has 1 N–H and O–H groups in total. The van der Waals surface area contributed by atoms with Crippen LogP contribution in [0.1, 0.15) is 5.56 Å². The number of nitrogens with zero attached hydrogens (tertiary/aromatic N) is 1. The molecule has 5 nitrogen and oxygen atoms in total. The van der Waals surface area contributed by atoms with E-state index in [1.54, 1.807) is 42.5 Å². The molecule has 0 bridgehead atoms. The molecule has 0 heterocycles. The second-order valence-corrected chi connectivity index (χ2v) is 8.20. The van der Waals surface area contributed by atoms with Gasteiger partial charge in [-0.1, -0.05) is 35.9 Å². The van der Waals surface area contributed by atoms with Gasteiger partial charge in [-0.15, -0.1) is 0 Å². The van der Waals surface area contributed by atoms with Gasteiger partial charge in [-0.25, -0.2) is 17.2 Å². The first-order valence-corrected chi connectivity index (χ1v) is 10.1. The van der Waals surface area contributed by atoms with Gasteiger partial charge in [0.25, 0.3) is 10.0 Å². The molecule has 0 aliphatic heterocycles. The minimum Gasteiger partial charge on any atom is -0.324 e. The molecule has 1 amide bonds. The highest BCUT2D eigenvalue weighted by Crippen LogP contribution is 2.24. The molecule has 0 saturated carbocycles. The van der Waals surface area contributed by atoms with Crippen molar-refractivity contribution >= 4 is 27.3 Å². The summed E-state index contributed by atoms with van der Waals surface area (Å²) in [7, 11) is -4.03. The number of para-hydroxylation sites is 1. The van der Waals surface area contributed by atoms with E-state index < -0.39 is 34.1 Å². The average molecular weight is 416 g/mol. The van der Waals surface area contributed by atoms with Crippen LogP contribution in [0.25, 0.3) is 0 Å². The summed E-state index contributed by atoms with van der Waals surface area (Å²) >= 11 is 0. The van der Waals surface area contributed by atoms with Crippen molar-refractivity contribution in [3.63, 3.8) is 0 Å². The SMILES string of the molecule is Cc1ccc(S(=O)(=O)N(CC(=O)Nc2ccc(F)c(F)c2)c2ccccc2)cc1. The van der Waals surface area contributed by atoms with Crippen molar-refractivity contribution in [2.75, 3.05) is 16.2 Å². The number of anilines is 2. The van der Waals surface area contributed by atoms with Crippen LogP contribution in [0.15, 0.2) is 77.7 Å². The van der Waals surface area contributed by atoms with Crippen molar-refractivity contribution in [2.24, 2.45) is 0 Å². The number of rotatable bonds is 6. The van der Waals surface area contributed by atoms with Gasteiger partial charge in [0, 0.05) is 11.8 Å². The topological polar surface area (TPSA) is 66.5 Å². The van der Waals surface area contributed by atoms with Gasteiger partial charge in [0.1, 0.15) is 6.54 Å². The molecule has 0 unspecified atom stereocenters. The number of aryl methyl sites for hydroxylation is 1. The van der Waals surface area contributed by atoms with Crippen LogP contribution in [0, 0.1) is 18.6 Å². The van der Waals surface area contributed by atoms with E-state index in [0.717, 1.165) is 22.0 Å². The van der Waals surface area contributed by atoms with Gasteiger partial charge in [-0.2, -0.15) is 0 Å². The van der Waals surface area contributed by atoms with Crippen LogP contribution in [0.3, 0.4) is 0 Å². The van der Waals surface area contributed by atoms with E-state index in [-0.39, 0.29) is 10.6 Å². The number of sulfonamides is 1. The molecule has 3 rings (SSSR count). The predicted octanol–water partition coefficient (Wildman–Crippen LogP) is 4.11. The molecule has 0 atom stereocenters. The van der Waals surface area contributed by atoms with Gasteiger partial charge in [0.2, 0.25) is 5.91 Å². The predicted molar refractivity (Wildman–Crippen MR) is 107 cm³/mol. The Balaban J connectivity index is 1.91. The van der Waals surface area contributed by atoms with Crippen LogP contribution < -0.4 is 9.62 Å². The number of nitrogens with one attached hydrogen (secondary N) is 1. The van der Waals surface area contributed by atoms with E-state index in [0.29, 0.717) is 5.69 Å². The first-order valence-electron chi connectivity index (χ1n) is 8.67. The Morgan fingerprint density at radius 2 is 1.59 bits per heavy atom. The minimum absolute atomic E-state index is 0.0228. The zero-order chi connectivity index (χ0) is 21.0. The first kappa shape index (κ1) is 20.5. The van der Waals surface area contributed by atoms with E-state index in [1.165, 1.54) is 18.2 Å². The maximum atomic E-state index is 13.4. The van der Waals surface area contributed by atoms with Crippen LogP contribution >= 0.6 is 0 Å². The van der Waals surface area contributed by atoms with Gasteiger partial charge >= 0.3 is 0 Å². The summed E-state index contributed by atoms with van der Waals surface area (Å²) in [4.78, 5) is 12.5. The fourth-order valence-electron chi connectivity index (χ4n) is 2.65. The average Bonchev–Trinajstić information content (AvgIpc) is 2.70. The molecule has 0 aliphatic rings. The summed E-state index contributed by atoms with van der Waals surface area (Å²) in [5.74, 6) is -2.86. The Morgan fingerprint density at radius 3 is 2.21 bits per heavy atom. The van der Waals surface area contributed by atoms with E-state index in [4.69, 9.17) is 0 Å². The molecule has 0 aromatic heterocycles. The van der Waals surface area contributed by atoms with Crippen molar-refractivity contribution in [1.82, 2.24) is 0 Å². The smallest absolute Gasteiger partial charge is 0.264 e. The Labute approximate surface area is 167 Å². The molecule has 0 aliphatic carbocycles. The van der Waals surface area contributed by atoms with E-state index in [9.17, 15) is 22.0 Å². The van der Waals surface area contributed by atoms with Gasteiger partial charge in [-0.3, -0.25) is 9.10 Å². The molecule has 0 spiro atoms. The highest BCUT2D eigenvalue weighted by molar-refractivity contribution is 7.92. The van der Waals surface area contributed by atoms with E-state index in [2.05, 4.69) is 5.32 Å². The molecule has 0 radical (unpaired) electrons. The molecular weight excluding hydrogens is 398 g/mol. The molecule has 3 aromatic carbocycles. The summed E-state index contributed by atoms with van der Waals surface area (Å²) in [6, 6.07) is 17.3. The third kappa shape index (κ3) is 4.78. The third-order valence-electron chi connectivity index (χ3n) is 4.14. The summed E-state index contributed by atoms with van der Waals surface area (Å²) in [5, 5.41) is 2.39. The second-order valence-electron chi connectivity index (χ2n) is 6.34. The standard InChI is InChI=1S/C21H18F2N2O3S/c1-15-7-10-18(11-8-15)29(27,28)25(17-5-3-2-4-6-17)14-21(26)24-16-9-12-19(22)20(23)13-16/h2-13H,14H2,1H3,(H,24,26). The lowest BCUT2D eigenvalue weighted by Gasteiger charge is -2.24. The number of amides is 1. The molecule has 29 heavy (non-hydrogen) atoms. The Kier molecular flexibility index (Phi) is 5.93. The number of carbonyl (C=O) groups excluding carboxylic acids is 1. The number of benzene rings is 3. The third-order valence-corrected chi connectivity index (χ3v) is 5.93. The maximum Gasteiger partial charge on any atom is 0.264 e. The Bertz CT molecular complexity index is 1120. The monoisotopic (exact) mass is 416 g/mol. The van der Waals surface area contributed by atoms with Crippen LogP contribution in [-0.2, 0) is 14.8 Å². The summed E-state index contributed by atoms with van der Waals surface area (Å²) in [6.45, 7) is 1.29. The summed E-state index contributed by atoms with van der Waals surface area (Å²) < 4.78 is 53.7. The van der Waals surface area contributed by atoms with Crippen molar-refractivity contribution in [1.29, 1.82) is 0 Å². The largest absolute Gasteiger partial charge is 0.324 e. The van der Waals surface area contributed by atoms with Crippen molar-refractivity contribution in [3.05, 3.63) is 90.0 Å². The molecular formula is C21H18F2N2O3S. The molecule has 0 fully saturated rings. The van der Waals surface area contributed by atoms with Crippen LogP contribution in [0.4, 0.5) is 20.2 Å². The summed E-state index contributed by atoms with van der Waals surface area (Å²) in [5.41, 5.74) is 1.22. The zero-order valence-electron chi connectivity index (χ0n) is 15.5. The lowest BCUT2D eigenvalue weighted by atomic mass is 10.2. The van der Waals surface area contributed by atoms with Crippen LogP contribution in [0.5, 0.6) is 0 Å². The molecule has 150 valence electrons. The van der Waals surface area contributed by atoms with E-state index >= 15 is 0 Å². The van der Waals surface area contributed by atoms with Crippen molar-refractivity contribution in [3.8, 4) is 0 Å². The Hall–Kier alpha value is -3.26. The quantitative estimate of drug-likeness (QED) is 0.658. The fraction of sp³-hybridized carbons (Fsp3) is 0.0952. The van der Waals surface area contributed by atoms with Gasteiger partial charge in [0.05, 0.1) is 10.6 Å². The Morgan fingerprint density at radius 1 is 0.931 bits per heavy atom. The fourth-order valence-corrected chi connectivity index (χ4v) is 4.07. The minimum atomic E-state index is -4.03. The highest BCUT2D eigenvalue weighted by atomic mass is 32.2. The zero-order valence-corrected chi connectivity index (χ0v) is 16.3. The van der Waals surface area contributed by atoms with Crippen LogP contribution in [-0.4, -0.2) is 20.9 Å². The van der Waals surface area contributed by atoms with Gasteiger partial charge in [0.15, 0.2) is 11.6 Å². The lowest BCUT2D eigenvalue weighted by molar-refractivity contribution is -0.114. The van der Waals surface area contributed by atoms with Crippen molar-refractivity contribution < 1.29 is 22.0 Å². The van der Waals surface area contributed by atoms with Gasteiger partial charge in [-0.05, 0) is 43.3 Å². The maximum absolute atomic E-state index is 13.4. The van der Waals surface area contributed by atoms with Crippen molar-refractivity contribution in [2.45, 2.75) is 11.8 Å². The highest BCUT2D eigenvalue weighted by Gasteiger charge is 2.27. The molecule has 3 aromatic rings. The second kappa shape index (κ2) is 8.40.